The summed E-state index contributed by atoms with van der Waals surface area (Å²) in [5.74, 6) is 1.18. The number of carbonyl (C=O) groups is 2. The van der Waals surface area contributed by atoms with E-state index in [0.717, 1.165) is 30.5 Å². The Morgan fingerprint density at radius 3 is 2.81 bits per heavy atom. The van der Waals surface area contributed by atoms with E-state index in [1.165, 1.54) is 21.8 Å². The number of thiophene rings is 1. The van der Waals surface area contributed by atoms with Gasteiger partial charge in [-0.25, -0.2) is 0 Å². The predicted molar refractivity (Wildman–Crippen MR) is 117 cm³/mol. The number of aryl methyl sites for hydroxylation is 3. The Morgan fingerprint density at radius 1 is 1.23 bits per heavy atom. The highest BCUT2D eigenvalue weighted by Crippen LogP contribution is 2.32. The molecule has 0 aliphatic heterocycles. The SMILES string of the molecule is Cc1noc(C)c1COc1cccc(C(=O)NNC(=O)c2cc3c(s2)CCC(C)C3)c1. The first-order valence-electron chi connectivity index (χ1n) is 10.3. The number of nitrogens with zero attached hydrogens (tertiary/aromatic N) is 1. The highest BCUT2D eigenvalue weighted by Gasteiger charge is 2.21. The van der Waals surface area contributed by atoms with Crippen LogP contribution in [0.15, 0.2) is 34.9 Å². The molecule has 1 aromatic carbocycles. The van der Waals surface area contributed by atoms with Crippen LogP contribution in [0.1, 0.15) is 60.8 Å². The summed E-state index contributed by atoms with van der Waals surface area (Å²) in [6.07, 6.45) is 3.17. The van der Waals surface area contributed by atoms with Gasteiger partial charge in [0.15, 0.2) is 0 Å². The summed E-state index contributed by atoms with van der Waals surface area (Å²) in [5.41, 5.74) is 8.31. The number of carbonyl (C=O) groups excluding carboxylic acids is 2. The van der Waals surface area contributed by atoms with E-state index in [9.17, 15) is 9.59 Å². The Bertz CT molecular complexity index is 1100. The summed E-state index contributed by atoms with van der Waals surface area (Å²) in [7, 11) is 0. The van der Waals surface area contributed by atoms with Gasteiger partial charge in [0.05, 0.1) is 16.1 Å². The minimum absolute atomic E-state index is 0.296. The second-order valence-corrected chi connectivity index (χ2v) is 9.07. The van der Waals surface area contributed by atoms with Crippen LogP contribution in [-0.2, 0) is 19.4 Å². The first kappa shape index (κ1) is 21.1. The lowest BCUT2D eigenvalue weighted by Gasteiger charge is -2.16. The molecule has 1 unspecified atom stereocenters. The number of aromatic nitrogens is 1. The lowest BCUT2D eigenvalue weighted by atomic mass is 9.90. The standard InChI is InChI=1S/C23H25N3O4S/c1-13-7-8-20-17(9-13)11-21(31-20)23(28)25-24-22(27)16-5-4-6-18(10-16)29-12-19-14(2)26-30-15(19)3/h4-6,10-11,13H,7-9,12H2,1-3H3,(H,24,27)(H,25,28). The van der Waals surface area contributed by atoms with Crippen LogP contribution in [0.25, 0.3) is 0 Å². The Balaban J connectivity index is 1.34. The molecular weight excluding hydrogens is 414 g/mol. The fourth-order valence-corrected chi connectivity index (χ4v) is 4.76. The third-order valence-corrected chi connectivity index (χ3v) is 6.74. The van der Waals surface area contributed by atoms with E-state index in [1.54, 1.807) is 24.3 Å². The molecule has 0 bridgehead atoms. The third kappa shape index (κ3) is 4.80. The minimum Gasteiger partial charge on any atom is -0.489 e. The molecule has 0 saturated carbocycles. The fourth-order valence-electron chi connectivity index (χ4n) is 3.66. The van der Waals surface area contributed by atoms with Crippen LogP contribution in [-0.4, -0.2) is 17.0 Å². The second-order valence-electron chi connectivity index (χ2n) is 7.93. The van der Waals surface area contributed by atoms with Gasteiger partial charge in [-0.1, -0.05) is 18.1 Å². The maximum Gasteiger partial charge on any atom is 0.279 e. The summed E-state index contributed by atoms with van der Waals surface area (Å²) < 4.78 is 10.9. The Kier molecular flexibility index (Phi) is 6.08. The van der Waals surface area contributed by atoms with E-state index in [0.29, 0.717) is 34.5 Å². The van der Waals surface area contributed by atoms with Crippen molar-refractivity contribution >= 4 is 23.2 Å². The molecule has 31 heavy (non-hydrogen) atoms. The number of hydrogen-bond acceptors (Lipinski definition) is 6. The molecule has 0 fully saturated rings. The maximum atomic E-state index is 12.5. The van der Waals surface area contributed by atoms with Crippen LogP contribution in [0.2, 0.25) is 0 Å². The van der Waals surface area contributed by atoms with Gasteiger partial charge < -0.3 is 9.26 Å². The molecule has 2 N–H and O–H groups in total. The zero-order chi connectivity index (χ0) is 22.0. The highest BCUT2D eigenvalue weighted by atomic mass is 32.1. The van der Waals surface area contributed by atoms with Crippen molar-refractivity contribution in [3.63, 3.8) is 0 Å². The van der Waals surface area contributed by atoms with Gasteiger partial charge >= 0.3 is 0 Å². The number of rotatable bonds is 5. The van der Waals surface area contributed by atoms with E-state index in [-0.39, 0.29) is 5.91 Å². The predicted octanol–water partition coefficient (Wildman–Crippen LogP) is 4.13. The number of benzene rings is 1. The van der Waals surface area contributed by atoms with Crippen molar-refractivity contribution in [1.29, 1.82) is 0 Å². The van der Waals surface area contributed by atoms with Crippen LogP contribution in [0.5, 0.6) is 5.75 Å². The summed E-state index contributed by atoms with van der Waals surface area (Å²) in [5, 5.41) is 3.91. The summed E-state index contributed by atoms with van der Waals surface area (Å²) in [6, 6.07) is 8.74. The van der Waals surface area contributed by atoms with Crippen LogP contribution >= 0.6 is 11.3 Å². The van der Waals surface area contributed by atoms with Crippen molar-refractivity contribution < 1.29 is 18.8 Å². The lowest BCUT2D eigenvalue weighted by Crippen LogP contribution is -2.41. The summed E-state index contributed by atoms with van der Waals surface area (Å²) in [6.45, 7) is 6.21. The van der Waals surface area contributed by atoms with Gasteiger partial charge in [-0.3, -0.25) is 20.4 Å². The van der Waals surface area contributed by atoms with Crippen LogP contribution in [0.4, 0.5) is 0 Å². The number of hydrogen-bond donors (Lipinski definition) is 2. The van der Waals surface area contributed by atoms with E-state index >= 15 is 0 Å². The summed E-state index contributed by atoms with van der Waals surface area (Å²) in [4.78, 5) is 26.9. The van der Waals surface area contributed by atoms with Gasteiger partial charge in [-0.05, 0) is 68.9 Å². The summed E-state index contributed by atoms with van der Waals surface area (Å²) >= 11 is 1.51. The average Bonchev–Trinajstić information content (AvgIpc) is 3.33. The topological polar surface area (TPSA) is 93.5 Å². The van der Waals surface area contributed by atoms with Gasteiger partial charge in [0, 0.05) is 10.4 Å². The van der Waals surface area contributed by atoms with Gasteiger partial charge in [-0.15, -0.1) is 11.3 Å². The first-order chi connectivity index (χ1) is 14.9. The van der Waals surface area contributed by atoms with Crippen molar-refractivity contribution in [1.82, 2.24) is 16.0 Å². The van der Waals surface area contributed by atoms with Gasteiger partial charge in [0.25, 0.3) is 11.8 Å². The Labute approximate surface area is 184 Å². The van der Waals surface area contributed by atoms with Crippen molar-refractivity contribution in [3.8, 4) is 5.75 Å². The van der Waals surface area contributed by atoms with Crippen molar-refractivity contribution in [2.45, 2.75) is 46.6 Å². The van der Waals surface area contributed by atoms with Crippen LogP contribution < -0.4 is 15.6 Å². The lowest BCUT2D eigenvalue weighted by molar-refractivity contribution is 0.0848. The second kappa shape index (κ2) is 8.93. The third-order valence-electron chi connectivity index (χ3n) is 5.50. The number of nitrogens with one attached hydrogen (secondary N) is 2. The number of hydrazine groups is 1. The Morgan fingerprint density at radius 2 is 2.03 bits per heavy atom. The average molecular weight is 440 g/mol. The van der Waals surface area contributed by atoms with E-state index in [4.69, 9.17) is 9.26 Å². The molecule has 0 radical (unpaired) electrons. The molecule has 1 aliphatic rings. The van der Waals surface area contributed by atoms with E-state index in [2.05, 4.69) is 22.9 Å². The quantitative estimate of drug-likeness (QED) is 0.583. The van der Waals surface area contributed by atoms with Gasteiger partial charge in [-0.2, -0.15) is 0 Å². The smallest absolute Gasteiger partial charge is 0.279 e. The molecule has 2 amide bonds. The van der Waals surface area contributed by atoms with Gasteiger partial charge in [0.2, 0.25) is 0 Å². The van der Waals surface area contributed by atoms with Crippen molar-refractivity contribution in [3.05, 3.63) is 68.2 Å². The van der Waals surface area contributed by atoms with Crippen LogP contribution in [0, 0.1) is 19.8 Å². The molecule has 7 nitrogen and oxygen atoms in total. The van der Waals surface area contributed by atoms with E-state index < -0.39 is 5.91 Å². The number of amides is 2. The molecule has 162 valence electrons. The Hall–Kier alpha value is -3.13. The van der Waals surface area contributed by atoms with Crippen molar-refractivity contribution in [2.75, 3.05) is 0 Å². The zero-order valence-corrected chi connectivity index (χ0v) is 18.6. The molecule has 3 aromatic rings. The van der Waals surface area contributed by atoms with E-state index in [1.807, 2.05) is 19.9 Å². The van der Waals surface area contributed by atoms with Gasteiger partial charge in [0.1, 0.15) is 18.1 Å². The molecule has 0 saturated heterocycles. The monoisotopic (exact) mass is 439 g/mol. The molecule has 8 heteroatoms. The normalized spacial score (nSPS) is 15.3. The van der Waals surface area contributed by atoms with Crippen LogP contribution in [0.3, 0.4) is 0 Å². The molecule has 2 aromatic heterocycles. The zero-order valence-electron chi connectivity index (χ0n) is 17.8. The van der Waals surface area contributed by atoms with Crippen molar-refractivity contribution in [2.24, 2.45) is 5.92 Å². The molecule has 2 heterocycles. The molecule has 1 atom stereocenters. The fraction of sp³-hybridized carbons (Fsp3) is 0.348. The highest BCUT2D eigenvalue weighted by molar-refractivity contribution is 7.14. The first-order valence-corrected chi connectivity index (χ1v) is 11.1. The molecule has 0 spiro atoms. The maximum absolute atomic E-state index is 12.5. The number of fused-ring (bicyclic) bond motifs is 1. The molecule has 1 aliphatic carbocycles. The largest absolute Gasteiger partial charge is 0.489 e. The molecule has 4 rings (SSSR count). The molecular formula is C23H25N3O4S. The minimum atomic E-state index is -0.411. The number of ether oxygens (including phenoxy) is 1.